The Morgan fingerprint density at radius 3 is 2.57 bits per heavy atom. The van der Waals surface area contributed by atoms with Crippen LogP contribution in [0.3, 0.4) is 0 Å². The van der Waals surface area contributed by atoms with E-state index in [1.165, 1.54) is 0 Å². The minimum absolute atomic E-state index is 0. The van der Waals surface area contributed by atoms with Gasteiger partial charge in [-0.25, -0.2) is 0 Å². The number of rotatable bonds is 7. The molecule has 0 saturated carbocycles. The van der Waals surface area contributed by atoms with Gasteiger partial charge < -0.3 is 19.7 Å². The zero-order valence-corrected chi connectivity index (χ0v) is 14.3. The molecule has 0 atom stereocenters. The molecule has 0 bridgehead atoms. The van der Waals surface area contributed by atoms with E-state index in [1.807, 2.05) is 7.05 Å². The average molecular weight is 343 g/mol. The topological polar surface area (TPSA) is 67.9 Å². The van der Waals surface area contributed by atoms with Gasteiger partial charge in [-0.2, -0.15) is 0 Å². The summed E-state index contributed by atoms with van der Waals surface area (Å²) in [6.07, 6.45) is 0.413. The lowest BCUT2D eigenvalue weighted by Gasteiger charge is -2.19. The third kappa shape index (κ3) is 5.41. The third-order valence-electron chi connectivity index (χ3n) is 3.55. The Morgan fingerprint density at radius 2 is 1.87 bits per heavy atom. The van der Waals surface area contributed by atoms with E-state index in [9.17, 15) is 9.59 Å². The molecule has 23 heavy (non-hydrogen) atoms. The van der Waals surface area contributed by atoms with E-state index in [-0.39, 0.29) is 36.9 Å². The fourth-order valence-electron chi connectivity index (χ4n) is 2.18. The number of amides is 1. The number of Topliss-reactive ketones (excluding diaryl/α,β-unsaturated/α-hetero) is 1. The Bertz CT molecular complexity index is 551. The molecule has 1 aliphatic rings. The van der Waals surface area contributed by atoms with Crippen molar-refractivity contribution >= 4 is 24.1 Å². The highest BCUT2D eigenvalue weighted by molar-refractivity contribution is 5.98. The second-order valence-corrected chi connectivity index (χ2v) is 5.20. The molecule has 1 aromatic carbocycles. The largest absolute Gasteiger partial charge is 0.486 e. The second kappa shape index (κ2) is 9.37. The summed E-state index contributed by atoms with van der Waals surface area (Å²) in [5, 5.41) is 2.99. The molecule has 2 rings (SSSR count). The SMILES string of the molecule is CNCCN(C)C(=O)CCC(=O)c1ccc2c(c1)OCCO2.Cl. The highest BCUT2D eigenvalue weighted by Gasteiger charge is 2.16. The van der Waals surface area contributed by atoms with Crippen LogP contribution in [-0.4, -0.2) is 57.0 Å². The van der Waals surface area contributed by atoms with Gasteiger partial charge in [0.1, 0.15) is 13.2 Å². The van der Waals surface area contributed by atoms with Gasteiger partial charge in [-0.1, -0.05) is 0 Å². The van der Waals surface area contributed by atoms with Crippen LogP contribution < -0.4 is 14.8 Å². The predicted octanol–water partition coefficient (Wildman–Crippen LogP) is 1.52. The number of carbonyl (C=O) groups excluding carboxylic acids is 2. The summed E-state index contributed by atoms with van der Waals surface area (Å²) in [6, 6.07) is 5.14. The first kappa shape index (κ1) is 19.3. The minimum atomic E-state index is -0.0626. The molecule has 6 nitrogen and oxygen atoms in total. The molecule has 0 radical (unpaired) electrons. The lowest BCUT2D eigenvalue weighted by atomic mass is 10.1. The molecule has 1 amide bonds. The normalized spacial score (nSPS) is 12.3. The molecular weight excluding hydrogens is 320 g/mol. The number of ether oxygens (including phenoxy) is 2. The van der Waals surface area contributed by atoms with Crippen LogP contribution in [0.1, 0.15) is 23.2 Å². The fourth-order valence-corrected chi connectivity index (χ4v) is 2.18. The van der Waals surface area contributed by atoms with Gasteiger partial charge in [0.25, 0.3) is 0 Å². The summed E-state index contributed by atoms with van der Waals surface area (Å²) >= 11 is 0. The number of likely N-dealkylation sites (N-methyl/N-ethyl adjacent to an activating group) is 2. The molecule has 1 N–H and O–H groups in total. The lowest BCUT2D eigenvalue weighted by molar-refractivity contribution is -0.129. The molecule has 7 heteroatoms. The van der Waals surface area contributed by atoms with E-state index in [0.29, 0.717) is 36.8 Å². The maximum atomic E-state index is 12.2. The van der Waals surface area contributed by atoms with Crippen molar-refractivity contribution in [1.82, 2.24) is 10.2 Å². The van der Waals surface area contributed by atoms with Gasteiger partial charge in [0.15, 0.2) is 17.3 Å². The Morgan fingerprint density at radius 1 is 1.17 bits per heavy atom. The Hall–Kier alpha value is -1.79. The molecule has 1 aromatic rings. The molecule has 0 spiro atoms. The quantitative estimate of drug-likeness (QED) is 0.761. The van der Waals surface area contributed by atoms with Gasteiger partial charge in [-0.15, -0.1) is 12.4 Å². The van der Waals surface area contributed by atoms with Crippen LogP contribution in [0.2, 0.25) is 0 Å². The fraction of sp³-hybridized carbons (Fsp3) is 0.500. The van der Waals surface area contributed by atoms with Crippen molar-refractivity contribution < 1.29 is 19.1 Å². The molecule has 0 fully saturated rings. The number of hydrogen-bond donors (Lipinski definition) is 1. The van der Waals surface area contributed by atoms with Crippen LogP contribution in [0.4, 0.5) is 0 Å². The van der Waals surface area contributed by atoms with E-state index >= 15 is 0 Å². The number of ketones is 1. The van der Waals surface area contributed by atoms with Crippen LogP contribution in [-0.2, 0) is 4.79 Å². The highest BCUT2D eigenvalue weighted by atomic mass is 35.5. The predicted molar refractivity (Wildman–Crippen MR) is 89.8 cm³/mol. The number of halogens is 1. The second-order valence-electron chi connectivity index (χ2n) is 5.20. The van der Waals surface area contributed by atoms with Crippen molar-refractivity contribution in [3.05, 3.63) is 23.8 Å². The van der Waals surface area contributed by atoms with Crippen LogP contribution >= 0.6 is 12.4 Å². The summed E-state index contributed by atoms with van der Waals surface area (Å²) in [6.45, 7) is 2.37. The standard InChI is InChI=1S/C16H22N2O4.ClH/c1-17-7-8-18(2)16(20)6-4-13(19)12-3-5-14-15(11-12)22-10-9-21-14;/h3,5,11,17H,4,6-10H2,1-2H3;1H. The van der Waals surface area contributed by atoms with Gasteiger partial charge in [0.05, 0.1) is 0 Å². The van der Waals surface area contributed by atoms with Crippen molar-refractivity contribution in [2.75, 3.05) is 40.4 Å². The van der Waals surface area contributed by atoms with E-state index in [2.05, 4.69) is 5.32 Å². The number of carbonyl (C=O) groups is 2. The molecule has 1 aliphatic heterocycles. The first-order valence-corrected chi connectivity index (χ1v) is 7.43. The molecule has 1 heterocycles. The number of nitrogens with zero attached hydrogens (tertiary/aromatic N) is 1. The van der Waals surface area contributed by atoms with Crippen molar-refractivity contribution in [3.63, 3.8) is 0 Å². The lowest BCUT2D eigenvalue weighted by Crippen LogP contribution is -2.32. The maximum absolute atomic E-state index is 12.2. The molecular formula is C16H23ClN2O4. The first-order valence-electron chi connectivity index (χ1n) is 7.43. The Labute approximate surface area is 142 Å². The monoisotopic (exact) mass is 342 g/mol. The number of fused-ring (bicyclic) bond motifs is 1. The van der Waals surface area contributed by atoms with E-state index in [1.54, 1.807) is 30.1 Å². The van der Waals surface area contributed by atoms with Crippen molar-refractivity contribution in [2.24, 2.45) is 0 Å². The minimum Gasteiger partial charge on any atom is -0.486 e. The summed E-state index contributed by atoms with van der Waals surface area (Å²) in [7, 11) is 3.58. The summed E-state index contributed by atoms with van der Waals surface area (Å²) in [5.74, 6) is 1.16. The molecule has 0 unspecified atom stereocenters. The Balaban J connectivity index is 0.00000264. The van der Waals surface area contributed by atoms with Gasteiger partial charge in [-0.05, 0) is 25.2 Å². The van der Waals surface area contributed by atoms with Gasteiger partial charge in [0.2, 0.25) is 5.91 Å². The molecule has 0 saturated heterocycles. The van der Waals surface area contributed by atoms with Crippen LogP contribution in [0.5, 0.6) is 11.5 Å². The number of hydrogen-bond acceptors (Lipinski definition) is 5. The third-order valence-corrected chi connectivity index (χ3v) is 3.55. The summed E-state index contributed by atoms with van der Waals surface area (Å²) in [4.78, 5) is 25.7. The number of nitrogens with one attached hydrogen (secondary N) is 1. The van der Waals surface area contributed by atoms with Crippen LogP contribution in [0.25, 0.3) is 0 Å². The average Bonchev–Trinajstić information content (AvgIpc) is 2.56. The van der Waals surface area contributed by atoms with Crippen LogP contribution in [0.15, 0.2) is 18.2 Å². The number of benzene rings is 1. The Kier molecular flexibility index (Phi) is 7.85. The van der Waals surface area contributed by atoms with Gasteiger partial charge >= 0.3 is 0 Å². The van der Waals surface area contributed by atoms with E-state index < -0.39 is 0 Å². The first-order chi connectivity index (χ1) is 10.6. The molecule has 0 aliphatic carbocycles. The zero-order valence-electron chi connectivity index (χ0n) is 13.5. The molecule has 128 valence electrons. The van der Waals surface area contributed by atoms with Gasteiger partial charge in [-0.3, -0.25) is 9.59 Å². The smallest absolute Gasteiger partial charge is 0.222 e. The molecule has 0 aromatic heterocycles. The van der Waals surface area contributed by atoms with Crippen molar-refractivity contribution in [3.8, 4) is 11.5 Å². The van der Waals surface area contributed by atoms with E-state index in [4.69, 9.17) is 9.47 Å². The summed E-state index contributed by atoms with van der Waals surface area (Å²) in [5.41, 5.74) is 0.551. The highest BCUT2D eigenvalue weighted by Crippen LogP contribution is 2.31. The maximum Gasteiger partial charge on any atom is 0.222 e. The van der Waals surface area contributed by atoms with Crippen LogP contribution in [0, 0.1) is 0 Å². The van der Waals surface area contributed by atoms with Crippen molar-refractivity contribution in [2.45, 2.75) is 12.8 Å². The summed E-state index contributed by atoms with van der Waals surface area (Å²) < 4.78 is 10.9. The zero-order chi connectivity index (χ0) is 15.9. The van der Waals surface area contributed by atoms with Gasteiger partial charge in [0, 0.05) is 38.5 Å². The van der Waals surface area contributed by atoms with Crippen molar-refractivity contribution in [1.29, 1.82) is 0 Å². The van der Waals surface area contributed by atoms with E-state index in [0.717, 1.165) is 6.54 Å².